The molecule has 0 radical (unpaired) electrons. The van der Waals surface area contributed by atoms with E-state index >= 15 is 0 Å². The van der Waals surface area contributed by atoms with Gasteiger partial charge in [0, 0.05) is 11.6 Å². The molecule has 1 atom stereocenters. The lowest BCUT2D eigenvalue weighted by Gasteiger charge is -2.11. The van der Waals surface area contributed by atoms with Crippen LogP contribution in [0.2, 0.25) is 0 Å². The maximum atomic E-state index is 11.9. The van der Waals surface area contributed by atoms with Gasteiger partial charge < -0.3 is 11.1 Å². The predicted octanol–water partition coefficient (Wildman–Crippen LogP) is 2.61. The van der Waals surface area contributed by atoms with Gasteiger partial charge in [-0.15, -0.1) is 11.3 Å². The minimum Gasteiger partial charge on any atom is -0.330 e. The van der Waals surface area contributed by atoms with Gasteiger partial charge in [0.2, 0.25) is 5.91 Å². The van der Waals surface area contributed by atoms with E-state index in [-0.39, 0.29) is 11.8 Å². The largest absolute Gasteiger partial charge is 0.330 e. The number of thiazole rings is 1. The van der Waals surface area contributed by atoms with Crippen molar-refractivity contribution in [2.45, 2.75) is 19.8 Å². The van der Waals surface area contributed by atoms with Gasteiger partial charge in [-0.3, -0.25) is 4.79 Å². The van der Waals surface area contributed by atoms with E-state index in [2.05, 4.69) is 10.3 Å². The number of nitrogens with one attached hydrogen (secondary N) is 1. The number of carbonyl (C=O) groups excluding carboxylic acids is 1. The Hall–Kier alpha value is -1.46. The number of fused-ring (bicyclic) bond motifs is 1. The first-order valence-electron chi connectivity index (χ1n) is 6.05. The molecule has 1 aromatic carbocycles. The Labute approximate surface area is 110 Å². The standard InChI is InChI=1S/C13H17N3OS/c1-9(3-2-6-14)13(17)16-10-4-5-11-12(7-10)18-8-15-11/h4-5,7-9H,2-3,6,14H2,1H3,(H,16,17). The average Bonchev–Trinajstić information content (AvgIpc) is 2.83. The molecule has 0 saturated carbocycles. The maximum absolute atomic E-state index is 11.9. The summed E-state index contributed by atoms with van der Waals surface area (Å²) in [4.78, 5) is 16.1. The number of carbonyl (C=O) groups is 1. The third kappa shape index (κ3) is 3.05. The lowest BCUT2D eigenvalue weighted by Crippen LogP contribution is -2.21. The van der Waals surface area contributed by atoms with E-state index in [1.807, 2.05) is 25.1 Å². The number of aromatic nitrogens is 1. The van der Waals surface area contributed by atoms with Gasteiger partial charge in [0.1, 0.15) is 0 Å². The third-order valence-electron chi connectivity index (χ3n) is 2.89. The highest BCUT2D eigenvalue weighted by atomic mass is 32.1. The van der Waals surface area contributed by atoms with E-state index in [0.717, 1.165) is 28.7 Å². The number of hydrogen-bond donors (Lipinski definition) is 2. The number of nitrogens with two attached hydrogens (primary N) is 1. The van der Waals surface area contributed by atoms with Crippen LogP contribution in [0.25, 0.3) is 10.2 Å². The first kappa shape index (κ1) is 13.0. The van der Waals surface area contributed by atoms with Gasteiger partial charge in [0.05, 0.1) is 15.7 Å². The second-order valence-corrected chi connectivity index (χ2v) is 5.24. The van der Waals surface area contributed by atoms with Crippen molar-refractivity contribution in [2.75, 3.05) is 11.9 Å². The van der Waals surface area contributed by atoms with E-state index in [1.165, 1.54) is 0 Å². The predicted molar refractivity (Wildman–Crippen MR) is 75.7 cm³/mol. The highest BCUT2D eigenvalue weighted by Crippen LogP contribution is 2.22. The molecule has 1 aromatic heterocycles. The molecule has 96 valence electrons. The summed E-state index contributed by atoms with van der Waals surface area (Å²) in [5.41, 5.74) is 9.05. The summed E-state index contributed by atoms with van der Waals surface area (Å²) in [6.45, 7) is 2.56. The van der Waals surface area contributed by atoms with Gasteiger partial charge in [0.15, 0.2) is 0 Å². The van der Waals surface area contributed by atoms with Gasteiger partial charge in [-0.2, -0.15) is 0 Å². The summed E-state index contributed by atoms with van der Waals surface area (Å²) in [6.07, 6.45) is 1.70. The quantitative estimate of drug-likeness (QED) is 0.871. The lowest BCUT2D eigenvalue weighted by atomic mass is 10.0. The Morgan fingerprint density at radius 3 is 3.17 bits per heavy atom. The van der Waals surface area contributed by atoms with Crippen LogP contribution in [0.1, 0.15) is 19.8 Å². The van der Waals surface area contributed by atoms with Crippen molar-refractivity contribution in [3.63, 3.8) is 0 Å². The number of amides is 1. The van der Waals surface area contributed by atoms with Crippen LogP contribution in [0.5, 0.6) is 0 Å². The zero-order chi connectivity index (χ0) is 13.0. The normalized spacial score (nSPS) is 12.6. The Balaban J connectivity index is 2.01. The van der Waals surface area contributed by atoms with E-state index in [9.17, 15) is 4.79 Å². The summed E-state index contributed by atoms with van der Waals surface area (Å²) in [5, 5.41) is 2.93. The number of nitrogens with zero attached hydrogens (tertiary/aromatic N) is 1. The van der Waals surface area contributed by atoms with Crippen molar-refractivity contribution in [1.82, 2.24) is 4.98 Å². The van der Waals surface area contributed by atoms with Crippen molar-refractivity contribution in [3.05, 3.63) is 23.7 Å². The molecule has 0 saturated heterocycles. The van der Waals surface area contributed by atoms with Crippen LogP contribution < -0.4 is 11.1 Å². The van der Waals surface area contributed by atoms with Crippen LogP contribution in [-0.2, 0) is 4.79 Å². The molecule has 0 aliphatic heterocycles. The minimum absolute atomic E-state index is 0.00860. The molecule has 1 heterocycles. The second-order valence-electron chi connectivity index (χ2n) is 4.36. The fourth-order valence-electron chi connectivity index (χ4n) is 1.75. The van der Waals surface area contributed by atoms with Crippen LogP contribution >= 0.6 is 11.3 Å². The Morgan fingerprint density at radius 1 is 1.56 bits per heavy atom. The SMILES string of the molecule is CC(CCCN)C(=O)Nc1ccc2ncsc2c1. The van der Waals surface area contributed by atoms with Crippen LogP contribution in [-0.4, -0.2) is 17.4 Å². The smallest absolute Gasteiger partial charge is 0.227 e. The Kier molecular flexibility index (Phi) is 4.28. The summed E-state index contributed by atoms with van der Waals surface area (Å²) in [5.74, 6) is 0.0398. The van der Waals surface area contributed by atoms with Crippen molar-refractivity contribution >= 4 is 33.1 Å². The molecule has 18 heavy (non-hydrogen) atoms. The van der Waals surface area contributed by atoms with E-state index in [0.29, 0.717) is 6.54 Å². The molecular formula is C13H17N3OS. The molecule has 4 nitrogen and oxygen atoms in total. The zero-order valence-electron chi connectivity index (χ0n) is 10.3. The summed E-state index contributed by atoms with van der Waals surface area (Å²) in [7, 11) is 0. The fraction of sp³-hybridized carbons (Fsp3) is 0.385. The molecular weight excluding hydrogens is 246 g/mol. The van der Waals surface area contributed by atoms with Gasteiger partial charge in [-0.1, -0.05) is 6.92 Å². The van der Waals surface area contributed by atoms with Crippen molar-refractivity contribution in [3.8, 4) is 0 Å². The molecule has 0 aliphatic rings. The van der Waals surface area contributed by atoms with Crippen LogP contribution in [0, 0.1) is 5.92 Å². The molecule has 3 N–H and O–H groups in total. The molecule has 2 rings (SSSR count). The monoisotopic (exact) mass is 263 g/mol. The van der Waals surface area contributed by atoms with Crippen molar-refractivity contribution in [2.24, 2.45) is 11.7 Å². The van der Waals surface area contributed by atoms with Gasteiger partial charge in [-0.25, -0.2) is 4.98 Å². The zero-order valence-corrected chi connectivity index (χ0v) is 11.2. The topological polar surface area (TPSA) is 68.0 Å². The third-order valence-corrected chi connectivity index (χ3v) is 3.68. The van der Waals surface area contributed by atoms with Crippen LogP contribution in [0.4, 0.5) is 5.69 Å². The van der Waals surface area contributed by atoms with E-state index in [4.69, 9.17) is 5.73 Å². The number of hydrogen-bond acceptors (Lipinski definition) is 4. The maximum Gasteiger partial charge on any atom is 0.227 e. The minimum atomic E-state index is -0.00860. The first-order valence-corrected chi connectivity index (χ1v) is 6.93. The van der Waals surface area contributed by atoms with Crippen LogP contribution in [0.3, 0.4) is 0 Å². The average molecular weight is 263 g/mol. The van der Waals surface area contributed by atoms with E-state index < -0.39 is 0 Å². The highest BCUT2D eigenvalue weighted by molar-refractivity contribution is 7.16. The van der Waals surface area contributed by atoms with Crippen molar-refractivity contribution in [1.29, 1.82) is 0 Å². The summed E-state index contributed by atoms with van der Waals surface area (Å²) >= 11 is 1.57. The summed E-state index contributed by atoms with van der Waals surface area (Å²) in [6, 6.07) is 5.77. The number of rotatable bonds is 5. The fourth-order valence-corrected chi connectivity index (χ4v) is 2.47. The lowest BCUT2D eigenvalue weighted by molar-refractivity contribution is -0.119. The molecule has 2 aromatic rings. The Morgan fingerprint density at radius 2 is 2.39 bits per heavy atom. The van der Waals surface area contributed by atoms with Gasteiger partial charge >= 0.3 is 0 Å². The Bertz CT molecular complexity index is 538. The number of benzene rings is 1. The molecule has 1 unspecified atom stereocenters. The molecule has 0 bridgehead atoms. The van der Waals surface area contributed by atoms with Gasteiger partial charge in [-0.05, 0) is 37.6 Å². The number of anilines is 1. The second kappa shape index (κ2) is 5.93. The van der Waals surface area contributed by atoms with Gasteiger partial charge in [0.25, 0.3) is 0 Å². The first-order chi connectivity index (χ1) is 8.70. The summed E-state index contributed by atoms with van der Waals surface area (Å²) < 4.78 is 1.09. The molecule has 0 aliphatic carbocycles. The van der Waals surface area contributed by atoms with Crippen LogP contribution in [0.15, 0.2) is 23.7 Å². The van der Waals surface area contributed by atoms with Crippen molar-refractivity contribution < 1.29 is 4.79 Å². The van der Waals surface area contributed by atoms with E-state index in [1.54, 1.807) is 16.8 Å². The molecule has 1 amide bonds. The molecule has 5 heteroatoms. The highest BCUT2D eigenvalue weighted by Gasteiger charge is 2.12. The molecule has 0 spiro atoms. The molecule has 0 fully saturated rings.